The Morgan fingerprint density at radius 3 is 1.60 bits per heavy atom. The fourth-order valence-electron chi connectivity index (χ4n) is 9.40. The molecule has 1 unspecified atom stereocenters. The van der Waals surface area contributed by atoms with Crippen LogP contribution in [0.15, 0.2) is 163 Å². The Morgan fingerprint density at radius 2 is 1.00 bits per heavy atom. The first-order valence-electron chi connectivity index (χ1n) is 18.3. The van der Waals surface area contributed by atoms with Crippen LogP contribution in [-0.4, -0.2) is 0 Å². The van der Waals surface area contributed by atoms with Crippen LogP contribution in [0, 0.1) is 0 Å². The number of fused-ring (bicyclic) bond motifs is 5. The van der Waals surface area contributed by atoms with E-state index in [9.17, 15) is 0 Å². The minimum absolute atomic E-state index is 0.110. The van der Waals surface area contributed by atoms with Crippen LogP contribution >= 0.6 is 0 Å². The number of hydrogen-bond acceptors (Lipinski definition) is 0. The van der Waals surface area contributed by atoms with Gasteiger partial charge in [0.1, 0.15) is 0 Å². The van der Waals surface area contributed by atoms with Crippen molar-refractivity contribution in [3.63, 3.8) is 0 Å². The van der Waals surface area contributed by atoms with Gasteiger partial charge in [0, 0.05) is 17.3 Å². The highest BCUT2D eigenvalue weighted by Crippen LogP contribution is 2.64. The van der Waals surface area contributed by atoms with Crippen molar-refractivity contribution in [1.29, 1.82) is 0 Å². The van der Waals surface area contributed by atoms with E-state index in [1.165, 1.54) is 83.1 Å². The van der Waals surface area contributed by atoms with Gasteiger partial charge in [0.15, 0.2) is 0 Å². The summed E-state index contributed by atoms with van der Waals surface area (Å²) in [5.74, 6) is 0.223. The average molecular weight is 643 g/mol. The van der Waals surface area contributed by atoms with Crippen LogP contribution in [-0.2, 0) is 18.3 Å². The Bertz CT molecular complexity index is 2320. The topological polar surface area (TPSA) is 0 Å². The smallest absolute Gasteiger partial charge is 0.0418 e. The van der Waals surface area contributed by atoms with Crippen LogP contribution in [0.4, 0.5) is 0 Å². The molecule has 0 saturated carbocycles. The highest BCUT2D eigenvalue weighted by molar-refractivity contribution is 5.88. The van der Waals surface area contributed by atoms with E-state index in [0.29, 0.717) is 0 Å². The van der Waals surface area contributed by atoms with Crippen molar-refractivity contribution in [2.45, 2.75) is 50.9 Å². The first-order chi connectivity index (χ1) is 24.6. The predicted molar refractivity (Wildman–Crippen MR) is 212 cm³/mol. The number of allylic oxidation sites excluding steroid dienone is 1. The second-order valence-corrected chi connectivity index (χ2v) is 14.3. The van der Waals surface area contributed by atoms with E-state index in [4.69, 9.17) is 0 Å². The molecule has 0 aliphatic heterocycles. The maximum Gasteiger partial charge on any atom is 0.0418 e. The zero-order valence-electron chi connectivity index (χ0n) is 29.2. The van der Waals surface area contributed by atoms with Gasteiger partial charge in [-0.3, -0.25) is 0 Å². The van der Waals surface area contributed by atoms with Crippen molar-refractivity contribution < 1.29 is 0 Å². The summed E-state index contributed by atoms with van der Waals surface area (Å²) in [5.41, 5.74) is 17.4. The summed E-state index contributed by atoms with van der Waals surface area (Å²) in [6, 6.07) is 60.3. The SMILES string of the molecule is CCc1ccc2c(c1)C(C(c1ccccc1)(c1ccccc1)C1C(C)=Cc3ccc(-c4ccc5ccccc5c4)cc31)c1cc(CC)ccc1-2. The van der Waals surface area contributed by atoms with Gasteiger partial charge in [-0.1, -0.05) is 171 Å². The molecule has 0 nitrogen and oxygen atoms in total. The molecule has 9 rings (SSSR count). The lowest BCUT2D eigenvalue weighted by Gasteiger charge is -2.47. The molecule has 1 atom stereocenters. The third-order valence-corrected chi connectivity index (χ3v) is 11.7. The zero-order valence-corrected chi connectivity index (χ0v) is 29.2. The normalized spacial score (nSPS) is 15.1. The van der Waals surface area contributed by atoms with Gasteiger partial charge >= 0.3 is 0 Å². The van der Waals surface area contributed by atoms with E-state index in [1.807, 2.05) is 0 Å². The highest BCUT2D eigenvalue weighted by atomic mass is 14.6. The van der Waals surface area contributed by atoms with E-state index >= 15 is 0 Å². The quantitative estimate of drug-likeness (QED) is 0.162. The Hall–Kier alpha value is -5.46. The highest BCUT2D eigenvalue weighted by Gasteiger charge is 2.54. The molecule has 0 amide bonds. The molecule has 7 aromatic rings. The number of rotatable bonds is 7. The third-order valence-electron chi connectivity index (χ3n) is 11.7. The van der Waals surface area contributed by atoms with Crippen molar-refractivity contribution in [1.82, 2.24) is 0 Å². The van der Waals surface area contributed by atoms with E-state index < -0.39 is 5.41 Å². The molecule has 0 bridgehead atoms. The molecular weight excluding hydrogens is 601 g/mol. The van der Waals surface area contributed by atoms with Crippen molar-refractivity contribution >= 4 is 16.8 Å². The fraction of sp³-hybridized carbons (Fsp3) is 0.160. The van der Waals surface area contributed by atoms with Crippen molar-refractivity contribution in [3.05, 3.63) is 208 Å². The molecule has 2 aliphatic rings. The largest absolute Gasteiger partial charge is 0.0639 e. The minimum Gasteiger partial charge on any atom is -0.0639 e. The summed E-state index contributed by atoms with van der Waals surface area (Å²) in [6.07, 6.45) is 4.49. The summed E-state index contributed by atoms with van der Waals surface area (Å²) in [6.45, 7) is 6.94. The van der Waals surface area contributed by atoms with E-state index in [1.54, 1.807) is 0 Å². The van der Waals surface area contributed by atoms with Crippen LogP contribution in [0.3, 0.4) is 0 Å². The lowest BCUT2D eigenvalue weighted by Crippen LogP contribution is -2.41. The van der Waals surface area contributed by atoms with Crippen LogP contribution < -0.4 is 0 Å². The van der Waals surface area contributed by atoms with Gasteiger partial charge in [0.25, 0.3) is 0 Å². The number of benzene rings is 7. The Kier molecular flexibility index (Phi) is 7.43. The first-order valence-corrected chi connectivity index (χ1v) is 18.3. The predicted octanol–water partition coefficient (Wildman–Crippen LogP) is 12.9. The van der Waals surface area contributed by atoms with Gasteiger partial charge in [-0.15, -0.1) is 0 Å². The van der Waals surface area contributed by atoms with Gasteiger partial charge in [0.05, 0.1) is 0 Å². The summed E-state index contributed by atoms with van der Waals surface area (Å²) >= 11 is 0. The van der Waals surface area contributed by atoms with Gasteiger partial charge in [-0.25, -0.2) is 0 Å². The third kappa shape index (κ3) is 4.66. The molecule has 7 aromatic carbocycles. The van der Waals surface area contributed by atoms with Crippen LogP contribution in [0.25, 0.3) is 39.1 Å². The van der Waals surface area contributed by atoms with Crippen LogP contribution in [0.5, 0.6) is 0 Å². The maximum absolute atomic E-state index is 2.53. The monoisotopic (exact) mass is 642 g/mol. The van der Waals surface area contributed by atoms with Gasteiger partial charge < -0.3 is 0 Å². The second-order valence-electron chi connectivity index (χ2n) is 14.3. The summed E-state index contributed by atoms with van der Waals surface area (Å²) in [5, 5.41) is 2.55. The molecule has 0 radical (unpaired) electrons. The zero-order chi connectivity index (χ0) is 33.8. The molecule has 0 fully saturated rings. The van der Waals surface area contributed by atoms with E-state index in [-0.39, 0.29) is 11.8 Å². The molecule has 0 aromatic heterocycles. The number of hydrogen-bond donors (Lipinski definition) is 0. The first kappa shape index (κ1) is 30.6. The lowest BCUT2D eigenvalue weighted by molar-refractivity contribution is 0.405. The summed E-state index contributed by atoms with van der Waals surface area (Å²) in [4.78, 5) is 0. The molecule has 0 heterocycles. The van der Waals surface area contributed by atoms with Crippen molar-refractivity contribution in [3.8, 4) is 22.3 Å². The molecular formula is C50H42. The van der Waals surface area contributed by atoms with Gasteiger partial charge in [-0.2, -0.15) is 0 Å². The second kappa shape index (κ2) is 12.1. The molecule has 0 spiro atoms. The van der Waals surface area contributed by atoms with E-state index in [0.717, 1.165) is 12.8 Å². The Morgan fingerprint density at radius 1 is 0.460 bits per heavy atom. The standard InChI is InChI=1S/C50H42/c1-4-34-20-26-43-44-27-21-35(5-2)30-47(44)49(46(43)29-34)50(41-16-8-6-9-17-41,42-18-10-7-11-19-42)48-33(3)28-40-25-24-39(32-45(40)48)38-23-22-36-14-12-13-15-37(36)31-38/h6-32,48-49H,4-5H2,1-3H3. The summed E-state index contributed by atoms with van der Waals surface area (Å²) < 4.78 is 0. The molecule has 50 heavy (non-hydrogen) atoms. The number of aryl methyl sites for hydroxylation is 2. The fourth-order valence-corrected chi connectivity index (χ4v) is 9.40. The Labute approximate surface area is 296 Å². The lowest BCUT2D eigenvalue weighted by atomic mass is 9.54. The molecule has 0 heteroatoms. The molecule has 2 aliphatic carbocycles. The van der Waals surface area contributed by atoms with Crippen molar-refractivity contribution in [2.24, 2.45) is 0 Å². The van der Waals surface area contributed by atoms with Crippen LogP contribution in [0.2, 0.25) is 0 Å². The van der Waals surface area contributed by atoms with Gasteiger partial charge in [-0.05, 0) is 109 Å². The average Bonchev–Trinajstić information content (AvgIpc) is 3.69. The maximum atomic E-state index is 2.53. The summed E-state index contributed by atoms with van der Waals surface area (Å²) in [7, 11) is 0. The van der Waals surface area contributed by atoms with Crippen molar-refractivity contribution in [2.75, 3.05) is 0 Å². The Balaban J connectivity index is 1.37. The molecule has 0 N–H and O–H groups in total. The van der Waals surface area contributed by atoms with E-state index in [2.05, 4.69) is 185 Å². The molecule has 242 valence electrons. The molecule has 0 saturated heterocycles. The van der Waals surface area contributed by atoms with Crippen LogP contribution in [0.1, 0.15) is 77.1 Å². The minimum atomic E-state index is -0.422. The van der Waals surface area contributed by atoms with Gasteiger partial charge in [0.2, 0.25) is 0 Å².